The minimum atomic E-state index is -0.156. The Kier molecular flexibility index (Phi) is 2.83. The van der Waals surface area contributed by atoms with E-state index in [2.05, 4.69) is 26.0 Å². The topological polar surface area (TPSA) is 37.3 Å². The van der Waals surface area contributed by atoms with Gasteiger partial charge in [0.25, 0.3) is 0 Å². The molecule has 1 N–H and O–H groups in total. The maximum atomic E-state index is 12.3. The van der Waals surface area contributed by atoms with Crippen LogP contribution in [0.1, 0.15) is 58.8 Å². The van der Waals surface area contributed by atoms with E-state index in [1.54, 1.807) is 0 Å². The van der Waals surface area contributed by atoms with Crippen LogP contribution in [0.5, 0.6) is 0 Å². The Morgan fingerprint density at radius 3 is 2.81 bits per heavy atom. The molecule has 5 atom stereocenters. The second kappa shape index (κ2) is 4.32. The zero-order valence-corrected chi connectivity index (χ0v) is 13.2. The van der Waals surface area contributed by atoms with Gasteiger partial charge in [-0.25, -0.2) is 0 Å². The average Bonchev–Trinajstić information content (AvgIpc) is 2.76. The highest BCUT2D eigenvalue weighted by molar-refractivity contribution is 5.92. The van der Waals surface area contributed by atoms with E-state index in [0.29, 0.717) is 24.0 Å². The molecule has 21 heavy (non-hydrogen) atoms. The molecule has 4 rings (SSSR count). The predicted octanol–water partition coefficient (Wildman–Crippen LogP) is 3.80. The molecule has 0 amide bonds. The molecule has 2 fully saturated rings. The number of carbonyl (C=O) groups excluding carboxylic acids is 1. The summed E-state index contributed by atoms with van der Waals surface area (Å²) >= 11 is 0. The Hall–Kier alpha value is -0.890. The number of aliphatic hydroxyl groups is 1. The third-order valence-corrected chi connectivity index (χ3v) is 7.22. The van der Waals surface area contributed by atoms with Crippen LogP contribution in [0.25, 0.3) is 0 Å². The highest BCUT2D eigenvalue weighted by Gasteiger charge is 2.55. The average molecular weight is 286 g/mol. The highest BCUT2D eigenvalue weighted by atomic mass is 16.3. The van der Waals surface area contributed by atoms with Crippen molar-refractivity contribution in [3.05, 3.63) is 23.3 Å². The normalized spacial score (nSPS) is 48.9. The number of ketones is 1. The maximum Gasteiger partial charge on any atom is 0.146 e. The molecule has 0 heterocycles. The van der Waals surface area contributed by atoms with Gasteiger partial charge in [-0.05, 0) is 62.7 Å². The molecule has 0 bridgehead atoms. The summed E-state index contributed by atoms with van der Waals surface area (Å²) < 4.78 is 0. The molecule has 0 aromatic heterocycles. The smallest absolute Gasteiger partial charge is 0.146 e. The zero-order valence-electron chi connectivity index (χ0n) is 13.2. The molecular formula is C19H26O2. The lowest BCUT2D eigenvalue weighted by Crippen LogP contribution is -2.47. The number of rotatable bonds is 0. The fraction of sp³-hybridized carbons (Fsp3) is 0.737. The van der Waals surface area contributed by atoms with Gasteiger partial charge in [-0.15, -0.1) is 0 Å². The van der Waals surface area contributed by atoms with Gasteiger partial charge in [0, 0.05) is 11.8 Å². The van der Waals surface area contributed by atoms with Gasteiger partial charge < -0.3 is 5.11 Å². The van der Waals surface area contributed by atoms with Crippen molar-refractivity contribution in [1.29, 1.82) is 0 Å². The van der Waals surface area contributed by atoms with E-state index >= 15 is 0 Å². The van der Waals surface area contributed by atoms with Crippen LogP contribution in [0, 0.1) is 22.7 Å². The molecule has 0 aromatic carbocycles. The largest absolute Gasteiger partial charge is 0.393 e. The standard InChI is InChI=1S/C19H26O2/c1-18-9-7-13(20)11-12(18)3-4-14-15-5-6-17(21)19(15,2)10-8-16(14)18/h3,5,13-14,16,20H,4,6-11H2,1-2H3/t13?,14?,16?,18-,19-/m0/s1. The molecule has 0 spiro atoms. The summed E-state index contributed by atoms with van der Waals surface area (Å²) in [7, 11) is 0. The Balaban J connectivity index is 1.73. The number of Topliss-reactive ketones (excluding diaryl/α,β-unsaturated/α-hetero) is 1. The summed E-state index contributed by atoms with van der Waals surface area (Å²) in [4.78, 5) is 12.3. The van der Waals surface area contributed by atoms with E-state index < -0.39 is 0 Å². The fourth-order valence-corrected chi connectivity index (χ4v) is 5.80. The van der Waals surface area contributed by atoms with E-state index in [4.69, 9.17) is 0 Å². The molecule has 0 saturated heterocycles. The van der Waals surface area contributed by atoms with Gasteiger partial charge in [0.1, 0.15) is 5.78 Å². The van der Waals surface area contributed by atoms with Crippen molar-refractivity contribution in [3.8, 4) is 0 Å². The fourth-order valence-electron chi connectivity index (χ4n) is 5.80. The SMILES string of the molecule is C[C@]12CCC3C(CC=C4CC(O)CC[C@@]43C)C1=CCC2=O. The van der Waals surface area contributed by atoms with Crippen LogP contribution in [0.4, 0.5) is 0 Å². The molecule has 4 aliphatic carbocycles. The monoisotopic (exact) mass is 286 g/mol. The lowest BCUT2D eigenvalue weighted by atomic mass is 9.49. The second-order valence-corrected chi connectivity index (χ2v) is 8.15. The van der Waals surface area contributed by atoms with E-state index in [9.17, 15) is 9.90 Å². The van der Waals surface area contributed by atoms with Crippen molar-refractivity contribution in [3.63, 3.8) is 0 Å². The molecule has 2 saturated carbocycles. The minimum Gasteiger partial charge on any atom is -0.393 e. The number of hydrogen-bond donors (Lipinski definition) is 1. The second-order valence-electron chi connectivity index (χ2n) is 8.15. The van der Waals surface area contributed by atoms with Gasteiger partial charge in [-0.2, -0.15) is 0 Å². The third-order valence-electron chi connectivity index (χ3n) is 7.22. The number of fused-ring (bicyclic) bond motifs is 5. The Bertz CT molecular complexity index is 558. The van der Waals surface area contributed by atoms with Crippen LogP contribution in [-0.2, 0) is 4.79 Å². The molecular weight excluding hydrogens is 260 g/mol. The maximum absolute atomic E-state index is 12.3. The molecule has 0 radical (unpaired) electrons. The first-order valence-electron chi connectivity index (χ1n) is 8.56. The number of hydrogen-bond acceptors (Lipinski definition) is 2. The molecule has 2 nitrogen and oxygen atoms in total. The first-order chi connectivity index (χ1) is 9.95. The summed E-state index contributed by atoms with van der Waals surface area (Å²) in [6.07, 6.45) is 11.4. The van der Waals surface area contributed by atoms with Gasteiger partial charge in [0.05, 0.1) is 6.10 Å². The van der Waals surface area contributed by atoms with Crippen molar-refractivity contribution < 1.29 is 9.90 Å². The van der Waals surface area contributed by atoms with E-state index in [0.717, 1.165) is 32.1 Å². The quantitative estimate of drug-likeness (QED) is 0.688. The van der Waals surface area contributed by atoms with Gasteiger partial charge in [0.2, 0.25) is 0 Å². The van der Waals surface area contributed by atoms with E-state index in [1.807, 2.05) is 0 Å². The van der Waals surface area contributed by atoms with Crippen LogP contribution in [0.2, 0.25) is 0 Å². The Morgan fingerprint density at radius 1 is 1.19 bits per heavy atom. The summed E-state index contributed by atoms with van der Waals surface area (Å²) in [5.41, 5.74) is 3.05. The molecule has 3 unspecified atom stereocenters. The first kappa shape index (κ1) is 13.8. The number of allylic oxidation sites excluding steroid dienone is 3. The number of carbonyl (C=O) groups is 1. The Morgan fingerprint density at radius 2 is 2.00 bits per heavy atom. The number of aliphatic hydroxyl groups excluding tert-OH is 1. The van der Waals surface area contributed by atoms with E-state index in [1.165, 1.54) is 17.6 Å². The predicted molar refractivity (Wildman–Crippen MR) is 82.7 cm³/mol. The molecule has 4 aliphatic rings. The van der Waals surface area contributed by atoms with Crippen LogP contribution in [0.15, 0.2) is 23.3 Å². The van der Waals surface area contributed by atoms with E-state index in [-0.39, 0.29) is 16.9 Å². The van der Waals surface area contributed by atoms with Crippen molar-refractivity contribution >= 4 is 5.78 Å². The van der Waals surface area contributed by atoms with Gasteiger partial charge in [-0.1, -0.05) is 30.2 Å². The van der Waals surface area contributed by atoms with Crippen LogP contribution in [-0.4, -0.2) is 17.0 Å². The molecule has 114 valence electrons. The van der Waals surface area contributed by atoms with Gasteiger partial charge >= 0.3 is 0 Å². The summed E-state index contributed by atoms with van der Waals surface area (Å²) in [6.45, 7) is 4.60. The minimum absolute atomic E-state index is 0.137. The van der Waals surface area contributed by atoms with Crippen LogP contribution < -0.4 is 0 Å². The van der Waals surface area contributed by atoms with Crippen LogP contribution >= 0.6 is 0 Å². The summed E-state index contributed by atoms with van der Waals surface area (Å²) in [5.74, 6) is 1.68. The highest BCUT2D eigenvalue weighted by Crippen LogP contribution is 2.62. The lowest BCUT2D eigenvalue weighted by Gasteiger charge is -2.55. The third kappa shape index (κ3) is 1.72. The molecule has 0 aliphatic heterocycles. The summed E-state index contributed by atoms with van der Waals surface area (Å²) in [5, 5.41) is 9.99. The first-order valence-corrected chi connectivity index (χ1v) is 8.56. The Labute approximate surface area is 127 Å². The van der Waals surface area contributed by atoms with Crippen molar-refractivity contribution in [1.82, 2.24) is 0 Å². The van der Waals surface area contributed by atoms with Gasteiger partial charge in [-0.3, -0.25) is 4.79 Å². The zero-order chi connectivity index (χ0) is 14.8. The lowest BCUT2D eigenvalue weighted by molar-refractivity contribution is -0.126. The van der Waals surface area contributed by atoms with Crippen molar-refractivity contribution in [2.24, 2.45) is 22.7 Å². The van der Waals surface area contributed by atoms with Crippen LogP contribution in [0.3, 0.4) is 0 Å². The van der Waals surface area contributed by atoms with Crippen molar-refractivity contribution in [2.45, 2.75) is 64.9 Å². The summed E-state index contributed by atoms with van der Waals surface area (Å²) in [6, 6.07) is 0. The molecule has 2 heteroatoms. The van der Waals surface area contributed by atoms with Gasteiger partial charge in [0.15, 0.2) is 0 Å². The molecule has 0 aromatic rings. The van der Waals surface area contributed by atoms with Crippen molar-refractivity contribution in [2.75, 3.05) is 0 Å².